The Balaban J connectivity index is 2.11. The van der Waals surface area contributed by atoms with Crippen LogP contribution in [0.3, 0.4) is 0 Å². The number of fused-ring (bicyclic) bond motifs is 1. The molecule has 1 N–H and O–H groups in total. The number of carbonyl (C=O) groups excluding carboxylic acids is 1. The zero-order valence-electron chi connectivity index (χ0n) is 12.1. The minimum absolute atomic E-state index is 0.0332. The van der Waals surface area contributed by atoms with Gasteiger partial charge in [0.15, 0.2) is 5.78 Å². The summed E-state index contributed by atoms with van der Waals surface area (Å²) in [4.78, 5) is 22.8. The lowest BCUT2D eigenvalue weighted by atomic mass is 9.97. The average molecular weight is 313 g/mol. The van der Waals surface area contributed by atoms with Crippen molar-refractivity contribution in [2.75, 3.05) is 0 Å². The number of rotatable bonds is 2. The third kappa shape index (κ3) is 2.38. The van der Waals surface area contributed by atoms with Crippen LogP contribution < -0.4 is 0 Å². The molecule has 5 nitrogen and oxygen atoms in total. The molecule has 0 unspecified atom stereocenters. The number of non-ortho nitro benzene ring substituents is 1. The van der Waals surface area contributed by atoms with Gasteiger partial charge >= 0.3 is 0 Å². The molecule has 0 fully saturated rings. The fourth-order valence-corrected chi connectivity index (χ4v) is 2.84. The SMILES string of the molecule is C[C@H]1/C(=C\c2cccc([N+](=O)[O-])c2)C(=O)c2c(O)ccc(F)c21. The first-order valence-electron chi connectivity index (χ1n) is 6.92. The van der Waals surface area contributed by atoms with E-state index in [1.54, 1.807) is 13.0 Å². The molecule has 6 heteroatoms. The molecule has 0 bridgehead atoms. The Bertz CT molecular complexity index is 873. The van der Waals surface area contributed by atoms with Crippen LogP contribution in [-0.4, -0.2) is 15.8 Å². The first-order chi connectivity index (χ1) is 10.9. The summed E-state index contributed by atoms with van der Waals surface area (Å²) in [5, 5.41) is 20.7. The van der Waals surface area contributed by atoms with Crippen LogP contribution in [-0.2, 0) is 0 Å². The van der Waals surface area contributed by atoms with Crippen molar-refractivity contribution in [3.63, 3.8) is 0 Å². The van der Waals surface area contributed by atoms with Crippen LogP contribution in [0.1, 0.15) is 34.3 Å². The van der Waals surface area contributed by atoms with Gasteiger partial charge in [-0.15, -0.1) is 0 Å². The van der Waals surface area contributed by atoms with Gasteiger partial charge in [-0.1, -0.05) is 19.1 Å². The molecule has 0 aromatic heterocycles. The van der Waals surface area contributed by atoms with Gasteiger partial charge in [-0.2, -0.15) is 0 Å². The molecule has 0 saturated carbocycles. The lowest BCUT2D eigenvalue weighted by Gasteiger charge is -2.07. The summed E-state index contributed by atoms with van der Waals surface area (Å²) in [6.45, 7) is 1.66. The van der Waals surface area contributed by atoms with E-state index in [1.807, 2.05) is 0 Å². The van der Waals surface area contributed by atoms with Crippen molar-refractivity contribution in [1.82, 2.24) is 0 Å². The number of ketones is 1. The van der Waals surface area contributed by atoms with Crippen molar-refractivity contribution in [2.45, 2.75) is 12.8 Å². The Morgan fingerprint density at radius 2 is 2.04 bits per heavy atom. The van der Waals surface area contributed by atoms with Gasteiger partial charge < -0.3 is 5.11 Å². The molecule has 2 aromatic rings. The molecule has 1 atom stereocenters. The van der Waals surface area contributed by atoms with Gasteiger partial charge in [0.2, 0.25) is 0 Å². The fraction of sp³-hybridized carbons (Fsp3) is 0.118. The molecule has 23 heavy (non-hydrogen) atoms. The van der Waals surface area contributed by atoms with E-state index in [0.29, 0.717) is 11.1 Å². The van der Waals surface area contributed by atoms with E-state index >= 15 is 0 Å². The molecule has 0 saturated heterocycles. The monoisotopic (exact) mass is 313 g/mol. The highest BCUT2D eigenvalue weighted by atomic mass is 19.1. The second-order valence-corrected chi connectivity index (χ2v) is 5.36. The van der Waals surface area contributed by atoms with Gasteiger partial charge in [0.25, 0.3) is 5.69 Å². The van der Waals surface area contributed by atoms with Crippen LogP contribution in [0, 0.1) is 15.9 Å². The second-order valence-electron chi connectivity index (χ2n) is 5.36. The summed E-state index contributed by atoms with van der Waals surface area (Å²) in [6, 6.07) is 8.09. The number of benzene rings is 2. The van der Waals surface area contributed by atoms with Gasteiger partial charge in [-0.05, 0) is 23.8 Å². The number of allylic oxidation sites excluding steroid dienone is 1. The smallest absolute Gasteiger partial charge is 0.270 e. The maximum atomic E-state index is 14.0. The van der Waals surface area contributed by atoms with Crippen LogP contribution in [0.5, 0.6) is 5.75 Å². The van der Waals surface area contributed by atoms with Gasteiger partial charge in [-0.25, -0.2) is 4.39 Å². The van der Waals surface area contributed by atoms with Crippen LogP contribution in [0.2, 0.25) is 0 Å². The molecule has 116 valence electrons. The van der Waals surface area contributed by atoms with Gasteiger partial charge in [-0.3, -0.25) is 14.9 Å². The highest BCUT2D eigenvalue weighted by molar-refractivity contribution is 6.18. The quantitative estimate of drug-likeness (QED) is 0.519. The van der Waals surface area contributed by atoms with Crippen LogP contribution in [0.4, 0.5) is 10.1 Å². The molecule has 0 heterocycles. The number of hydrogen-bond donors (Lipinski definition) is 1. The molecule has 0 aliphatic heterocycles. The number of nitro groups is 1. The Kier molecular flexibility index (Phi) is 3.44. The predicted molar refractivity (Wildman–Crippen MR) is 81.9 cm³/mol. The van der Waals surface area contributed by atoms with E-state index in [0.717, 1.165) is 12.1 Å². The second kappa shape index (κ2) is 5.31. The maximum absolute atomic E-state index is 14.0. The lowest BCUT2D eigenvalue weighted by Crippen LogP contribution is -1.98. The van der Waals surface area contributed by atoms with Crippen molar-refractivity contribution >= 4 is 17.5 Å². The summed E-state index contributed by atoms with van der Waals surface area (Å²) in [5.41, 5.74) is 0.799. The number of nitrogens with zero attached hydrogens (tertiary/aromatic N) is 1. The molecule has 1 aliphatic rings. The minimum Gasteiger partial charge on any atom is -0.507 e. The van der Waals surface area contributed by atoms with Gasteiger partial charge in [0.05, 0.1) is 10.5 Å². The third-order valence-electron chi connectivity index (χ3n) is 3.96. The number of halogens is 1. The molecular formula is C17H12FNO4. The minimum atomic E-state index is -0.555. The number of aromatic hydroxyl groups is 1. The summed E-state index contributed by atoms with van der Waals surface area (Å²) in [7, 11) is 0. The van der Waals surface area contributed by atoms with Crippen LogP contribution in [0.25, 0.3) is 6.08 Å². The Morgan fingerprint density at radius 3 is 2.70 bits per heavy atom. The van der Waals surface area contributed by atoms with E-state index in [9.17, 15) is 24.4 Å². The molecule has 3 rings (SSSR count). The zero-order chi connectivity index (χ0) is 16.7. The Hall–Kier alpha value is -3.02. The average Bonchev–Trinajstić information content (AvgIpc) is 2.77. The number of carbonyl (C=O) groups is 1. The van der Waals surface area contributed by atoms with E-state index < -0.39 is 22.4 Å². The Morgan fingerprint density at radius 1 is 1.30 bits per heavy atom. The molecule has 0 spiro atoms. The highest BCUT2D eigenvalue weighted by Crippen LogP contribution is 2.43. The first-order valence-corrected chi connectivity index (χ1v) is 6.92. The summed E-state index contributed by atoms with van der Waals surface area (Å²) < 4.78 is 14.0. The third-order valence-corrected chi connectivity index (χ3v) is 3.96. The number of Topliss-reactive ketones (excluding diaryl/α,β-unsaturated/α-hetero) is 1. The predicted octanol–water partition coefficient (Wildman–Crippen LogP) is 3.82. The van der Waals surface area contributed by atoms with Crippen molar-refractivity contribution in [3.05, 3.63) is 74.6 Å². The van der Waals surface area contributed by atoms with Crippen molar-refractivity contribution in [1.29, 1.82) is 0 Å². The summed E-state index contributed by atoms with van der Waals surface area (Å²) in [5.74, 6) is -1.82. The fourth-order valence-electron chi connectivity index (χ4n) is 2.84. The number of phenolic OH excluding ortho intramolecular Hbond substituents is 1. The zero-order valence-corrected chi connectivity index (χ0v) is 12.1. The number of hydrogen-bond acceptors (Lipinski definition) is 4. The largest absolute Gasteiger partial charge is 0.507 e. The van der Waals surface area contributed by atoms with Crippen LogP contribution >= 0.6 is 0 Å². The van der Waals surface area contributed by atoms with E-state index in [4.69, 9.17) is 0 Å². The molecule has 0 amide bonds. The molecule has 2 aromatic carbocycles. The van der Waals surface area contributed by atoms with E-state index in [-0.39, 0.29) is 22.6 Å². The maximum Gasteiger partial charge on any atom is 0.270 e. The molecular weight excluding hydrogens is 301 g/mol. The molecule has 0 radical (unpaired) electrons. The summed E-state index contributed by atoms with van der Waals surface area (Å²) in [6.07, 6.45) is 1.50. The van der Waals surface area contributed by atoms with E-state index in [2.05, 4.69) is 0 Å². The lowest BCUT2D eigenvalue weighted by molar-refractivity contribution is -0.384. The number of nitro benzene ring substituents is 1. The first kappa shape index (κ1) is 14.9. The normalized spacial score (nSPS) is 18.3. The Labute approximate surface area is 130 Å². The van der Waals surface area contributed by atoms with Crippen molar-refractivity contribution in [2.24, 2.45) is 0 Å². The van der Waals surface area contributed by atoms with Crippen LogP contribution in [0.15, 0.2) is 42.0 Å². The molecule has 1 aliphatic carbocycles. The van der Waals surface area contributed by atoms with Gasteiger partial charge in [0.1, 0.15) is 11.6 Å². The number of phenols is 1. The standard InChI is InChI=1S/C17H12FNO4/c1-9-12(8-10-3-2-4-11(7-10)19(22)23)17(21)16-14(20)6-5-13(18)15(9)16/h2-9,20H,1H3/b12-8+/t9-/m0/s1. The van der Waals surface area contributed by atoms with Crippen molar-refractivity contribution < 1.29 is 19.2 Å². The van der Waals surface area contributed by atoms with E-state index in [1.165, 1.54) is 24.3 Å². The van der Waals surface area contributed by atoms with Crippen molar-refractivity contribution in [3.8, 4) is 5.75 Å². The topological polar surface area (TPSA) is 80.4 Å². The highest BCUT2D eigenvalue weighted by Gasteiger charge is 2.36. The summed E-state index contributed by atoms with van der Waals surface area (Å²) >= 11 is 0. The van der Waals surface area contributed by atoms with Gasteiger partial charge in [0, 0.05) is 29.2 Å².